The lowest BCUT2D eigenvalue weighted by molar-refractivity contribution is 0.482. The Kier molecular flexibility index (Phi) is 5.54. The van der Waals surface area contributed by atoms with Crippen LogP contribution in [0.1, 0.15) is 22.4 Å². The van der Waals surface area contributed by atoms with E-state index >= 15 is 0 Å². The highest BCUT2D eigenvalue weighted by molar-refractivity contribution is 7.15. The van der Waals surface area contributed by atoms with E-state index in [4.69, 9.17) is 4.74 Å². The Morgan fingerprint density at radius 1 is 0.939 bits per heavy atom. The molecule has 0 fully saturated rings. The number of nitrogens with zero attached hydrogens (tertiary/aromatic N) is 3. The highest BCUT2D eigenvalue weighted by Crippen LogP contribution is 2.22. The molecule has 0 aliphatic heterocycles. The summed E-state index contributed by atoms with van der Waals surface area (Å²) < 4.78 is 7.53. The minimum atomic E-state index is -0.415. The van der Waals surface area contributed by atoms with Crippen LogP contribution in [-0.4, -0.2) is 14.6 Å². The third-order valence-corrected chi connectivity index (χ3v) is 6.04. The summed E-state index contributed by atoms with van der Waals surface area (Å²) in [5.41, 5.74) is 2.40. The second-order valence-corrected chi connectivity index (χ2v) is 8.63. The van der Waals surface area contributed by atoms with E-state index < -0.39 is 5.56 Å². The molecule has 0 unspecified atom stereocenters. The van der Waals surface area contributed by atoms with Crippen LogP contribution < -0.4 is 20.4 Å². The van der Waals surface area contributed by atoms with Gasteiger partial charge in [0.25, 0.3) is 11.1 Å². The van der Waals surface area contributed by atoms with Crippen molar-refractivity contribution in [3.63, 3.8) is 0 Å². The number of para-hydroxylation sites is 1. The molecule has 0 aliphatic carbocycles. The fourth-order valence-corrected chi connectivity index (χ4v) is 4.30. The quantitative estimate of drug-likeness (QED) is 0.405. The fraction of sp³-hybridized carbons (Fsp3) is 0.0769. The molecule has 5 aromatic rings. The molecule has 162 valence electrons. The highest BCUT2D eigenvalue weighted by Gasteiger charge is 2.12. The standard InChI is InChI=1S/C26H19N3O3S/c1-17-10-12-18(13-11-17)15-22-24(30)27-26-29(28-22)25(31)23(33-26)16-19-6-5-9-21(14-19)32-20-7-3-2-4-8-20/h2-14,16H,15H2,1H3/b23-16-. The Morgan fingerprint density at radius 3 is 2.48 bits per heavy atom. The molecule has 0 saturated heterocycles. The first-order valence-corrected chi connectivity index (χ1v) is 11.2. The van der Waals surface area contributed by atoms with Crippen LogP contribution in [0, 0.1) is 6.92 Å². The molecular weight excluding hydrogens is 434 g/mol. The Balaban J connectivity index is 1.49. The summed E-state index contributed by atoms with van der Waals surface area (Å²) in [5.74, 6) is 1.39. The van der Waals surface area contributed by atoms with Crippen LogP contribution in [0.4, 0.5) is 0 Å². The van der Waals surface area contributed by atoms with Gasteiger partial charge in [0.2, 0.25) is 4.96 Å². The number of rotatable bonds is 5. The molecule has 3 aromatic carbocycles. The first-order valence-electron chi connectivity index (χ1n) is 10.4. The number of benzene rings is 3. The first kappa shape index (κ1) is 20.8. The summed E-state index contributed by atoms with van der Waals surface area (Å²) >= 11 is 1.14. The summed E-state index contributed by atoms with van der Waals surface area (Å²) in [5, 5.41) is 4.32. The predicted molar refractivity (Wildman–Crippen MR) is 129 cm³/mol. The van der Waals surface area contributed by atoms with Gasteiger partial charge >= 0.3 is 0 Å². The number of hydrogen-bond acceptors (Lipinski definition) is 6. The Hall–Kier alpha value is -4.10. The maximum Gasteiger partial charge on any atom is 0.296 e. The van der Waals surface area contributed by atoms with E-state index in [-0.39, 0.29) is 16.2 Å². The zero-order valence-electron chi connectivity index (χ0n) is 17.8. The van der Waals surface area contributed by atoms with E-state index in [1.165, 1.54) is 4.52 Å². The number of thiazole rings is 1. The van der Waals surface area contributed by atoms with Crippen LogP contribution in [0.2, 0.25) is 0 Å². The molecule has 0 spiro atoms. The largest absolute Gasteiger partial charge is 0.457 e. The first-order chi connectivity index (χ1) is 16.0. The summed E-state index contributed by atoms with van der Waals surface area (Å²) in [6.45, 7) is 2.00. The highest BCUT2D eigenvalue weighted by atomic mass is 32.1. The topological polar surface area (TPSA) is 73.6 Å². The molecule has 2 heterocycles. The average molecular weight is 454 g/mol. The molecule has 0 N–H and O–H groups in total. The van der Waals surface area contributed by atoms with Crippen molar-refractivity contribution in [3.05, 3.63) is 126 Å². The van der Waals surface area contributed by atoms with Crippen molar-refractivity contribution in [3.8, 4) is 11.5 Å². The zero-order valence-corrected chi connectivity index (χ0v) is 18.6. The van der Waals surface area contributed by atoms with Crippen LogP contribution >= 0.6 is 11.3 Å². The number of aromatic nitrogens is 3. The van der Waals surface area contributed by atoms with E-state index in [1.807, 2.05) is 85.8 Å². The van der Waals surface area contributed by atoms with Crippen LogP contribution in [0.15, 0.2) is 88.5 Å². The van der Waals surface area contributed by atoms with Crippen molar-refractivity contribution < 1.29 is 4.74 Å². The Labute approximate surface area is 193 Å². The maximum atomic E-state index is 13.0. The molecule has 0 bridgehead atoms. The SMILES string of the molecule is Cc1ccc(Cc2nn3c(=O)/c(=C/c4cccc(Oc5ccccc5)c4)sc3nc2=O)cc1. The molecule has 0 radical (unpaired) electrons. The van der Waals surface area contributed by atoms with Gasteiger partial charge in [-0.25, -0.2) is 0 Å². The molecule has 6 nitrogen and oxygen atoms in total. The molecule has 7 heteroatoms. The zero-order chi connectivity index (χ0) is 22.8. The van der Waals surface area contributed by atoms with Crippen LogP contribution in [0.25, 0.3) is 11.0 Å². The smallest absolute Gasteiger partial charge is 0.296 e. The molecule has 2 aromatic heterocycles. The van der Waals surface area contributed by atoms with Crippen molar-refractivity contribution in [1.29, 1.82) is 0 Å². The van der Waals surface area contributed by atoms with Gasteiger partial charge in [-0.1, -0.05) is 71.5 Å². The van der Waals surface area contributed by atoms with Crippen LogP contribution in [0.3, 0.4) is 0 Å². The molecule has 0 atom stereocenters. The summed E-state index contributed by atoms with van der Waals surface area (Å²) in [7, 11) is 0. The van der Waals surface area contributed by atoms with Crippen LogP contribution in [0.5, 0.6) is 11.5 Å². The summed E-state index contributed by atoms with van der Waals surface area (Å²) in [6.07, 6.45) is 2.08. The van der Waals surface area contributed by atoms with E-state index in [9.17, 15) is 9.59 Å². The fourth-order valence-electron chi connectivity index (χ4n) is 3.39. The van der Waals surface area contributed by atoms with Gasteiger partial charge in [0, 0.05) is 6.42 Å². The lowest BCUT2D eigenvalue weighted by Gasteiger charge is -2.05. The second kappa shape index (κ2) is 8.80. The van der Waals surface area contributed by atoms with Gasteiger partial charge in [0.1, 0.15) is 17.2 Å². The van der Waals surface area contributed by atoms with Gasteiger partial charge in [-0.3, -0.25) is 9.59 Å². The monoisotopic (exact) mass is 453 g/mol. The number of fused-ring (bicyclic) bond motifs is 1. The number of hydrogen-bond donors (Lipinski definition) is 0. The van der Waals surface area contributed by atoms with E-state index in [0.29, 0.717) is 16.7 Å². The molecule has 0 aliphatic rings. The minimum Gasteiger partial charge on any atom is -0.457 e. The van der Waals surface area contributed by atoms with Gasteiger partial charge < -0.3 is 4.74 Å². The number of ether oxygens (including phenoxy) is 1. The molecule has 5 rings (SSSR count). The number of aryl methyl sites for hydroxylation is 1. The van der Waals surface area contributed by atoms with Gasteiger partial charge in [-0.15, -0.1) is 0 Å². The van der Waals surface area contributed by atoms with E-state index in [2.05, 4.69) is 10.1 Å². The molecule has 0 saturated carbocycles. The predicted octanol–water partition coefficient (Wildman–Crippen LogP) is 3.75. The normalized spacial score (nSPS) is 11.7. The minimum absolute atomic E-state index is 0.246. The lowest BCUT2D eigenvalue weighted by atomic mass is 10.1. The van der Waals surface area contributed by atoms with E-state index in [1.54, 1.807) is 6.08 Å². The van der Waals surface area contributed by atoms with Gasteiger partial charge in [-0.05, 0) is 48.4 Å². The van der Waals surface area contributed by atoms with Crippen molar-refractivity contribution in [1.82, 2.24) is 14.6 Å². The summed E-state index contributed by atoms with van der Waals surface area (Å²) in [4.78, 5) is 29.9. The molecule has 33 heavy (non-hydrogen) atoms. The van der Waals surface area contributed by atoms with Crippen LogP contribution in [-0.2, 0) is 6.42 Å². The van der Waals surface area contributed by atoms with Crippen molar-refractivity contribution in [2.24, 2.45) is 0 Å². The van der Waals surface area contributed by atoms with Crippen molar-refractivity contribution in [2.75, 3.05) is 0 Å². The van der Waals surface area contributed by atoms with Gasteiger partial charge in [0.05, 0.1) is 4.53 Å². The second-order valence-electron chi connectivity index (χ2n) is 7.62. The Bertz CT molecular complexity index is 1610. The molecular formula is C26H19N3O3S. The lowest BCUT2D eigenvalue weighted by Crippen LogP contribution is -2.28. The van der Waals surface area contributed by atoms with Crippen molar-refractivity contribution >= 4 is 22.4 Å². The Morgan fingerprint density at radius 2 is 1.70 bits per heavy atom. The third-order valence-electron chi connectivity index (χ3n) is 5.08. The average Bonchev–Trinajstić information content (AvgIpc) is 3.10. The third kappa shape index (κ3) is 4.58. The van der Waals surface area contributed by atoms with Gasteiger partial charge in [-0.2, -0.15) is 14.6 Å². The summed E-state index contributed by atoms with van der Waals surface area (Å²) in [6, 6.07) is 24.8. The van der Waals surface area contributed by atoms with E-state index in [0.717, 1.165) is 33.8 Å². The molecule has 0 amide bonds. The van der Waals surface area contributed by atoms with Gasteiger partial charge in [0.15, 0.2) is 0 Å². The maximum absolute atomic E-state index is 13.0. The van der Waals surface area contributed by atoms with Crippen molar-refractivity contribution in [2.45, 2.75) is 13.3 Å².